The smallest absolute Gasteiger partial charge is 0.234 e. The summed E-state index contributed by atoms with van der Waals surface area (Å²) >= 11 is 0. The Kier molecular flexibility index (Phi) is 7.16. The van der Waals surface area contributed by atoms with E-state index < -0.39 is 0 Å². The van der Waals surface area contributed by atoms with Gasteiger partial charge in [-0.15, -0.1) is 0 Å². The average Bonchev–Trinajstić information content (AvgIpc) is 2.58. The fraction of sp³-hybridized carbons (Fsp3) is 0.588. The lowest BCUT2D eigenvalue weighted by molar-refractivity contribution is -0.122. The second-order valence-corrected chi connectivity index (χ2v) is 5.44. The Morgan fingerprint density at radius 3 is 2.96 bits per heavy atom. The number of carbonyl (C=O) groups is 1. The van der Waals surface area contributed by atoms with Crippen molar-refractivity contribution in [2.45, 2.75) is 19.9 Å². The van der Waals surface area contributed by atoms with Crippen LogP contribution in [0, 0.1) is 0 Å². The Hall–Kier alpha value is -1.79. The molecule has 1 heterocycles. The number of rotatable bonds is 9. The molecule has 0 bridgehead atoms. The van der Waals surface area contributed by atoms with E-state index in [1.54, 1.807) is 7.11 Å². The van der Waals surface area contributed by atoms with Crippen molar-refractivity contribution in [3.05, 3.63) is 23.8 Å². The summed E-state index contributed by atoms with van der Waals surface area (Å²) in [4.78, 5) is 14.1. The number of hydrogen-bond donors (Lipinski definition) is 1. The molecule has 0 spiro atoms. The van der Waals surface area contributed by atoms with Gasteiger partial charge in [0.05, 0.1) is 6.54 Å². The van der Waals surface area contributed by atoms with Crippen LogP contribution in [0.15, 0.2) is 18.2 Å². The van der Waals surface area contributed by atoms with Crippen LogP contribution in [0.3, 0.4) is 0 Å². The lowest BCUT2D eigenvalue weighted by atomic mass is 10.1. The topological polar surface area (TPSA) is 60.0 Å². The minimum Gasteiger partial charge on any atom is -0.486 e. The average molecular weight is 322 g/mol. The molecule has 1 aromatic rings. The second-order valence-electron chi connectivity index (χ2n) is 5.44. The highest BCUT2D eigenvalue weighted by molar-refractivity contribution is 5.78. The number of ether oxygens (including phenoxy) is 3. The summed E-state index contributed by atoms with van der Waals surface area (Å²) in [5.74, 6) is 1.62. The first kappa shape index (κ1) is 17.6. The molecule has 1 aliphatic heterocycles. The van der Waals surface area contributed by atoms with Crippen molar-refractivity contribution in [3.8, 4) is 11.5 Å². The van der Waals surface area contributed by atoms with Crippen molar-refractivity contribution >= 4 is 5.91 Å². The zero-order valence-electron chi connectivity index (χ0n) is 14.0. The number of likely N-dealkylation sites (N-methyl/N-ethyl adjacent to an activating group) is 1. The van der Waals surface area contributed by atoms with Crippen molar-refractivity contribution in [1.29, 1.82) is 0 Å². The van der Waals surface area contributed by atoms with Crippen molar-refractivity contribution in [1.82, 2.24) is 10.2 Å². The number of carbonyl (C=O) groups excluding carboxylic acids is 1. The van der Waals surface area contributed by atoms with Gasteiger partial charge in [0.15, 0.2) is 11.5 Å². The molecule has 0 unspecified atom stereocenters. The monoisotopic (exact) mass is 322 g/mol. The van der Waals surface area contributed by atoms with E-state index in [0.29, 0.717) is 39.5 Å². The number of methoxy groups -OCH3 is 1. The van der Waals surface area contributed by atoms with Crippen LogP contribution in [-0.4, -0.2) is 57.4 Å². The highest BCUT2D eigenvalue weighted by atomic mass is 16.6. The number of benzene rings is 1. The standard InChI is InChI=1S/C17H26N2O4/c1-3-19(13-16(20)18-8-5-9-21-2)12-14-6-4-7-15-17(14)23-11-10-22-15/h4,6-7H,3,5,8-13H2,1-2H3,(H,18,20). The molecule has 1 aliphatic rings. The number of hydrogen-bond acceptors (Lipinski definition) is 5. The van der Waals surface area contributed by atoms with E-state index in [0.717, 1.165) is 30.0 Å². The first-order chi connectivity index (χ1) is 11.2. The summed E-state index contributed by atoms with van der Waals surface area (Å²) in [5, 5.41) is 2.91. The molecule has 23 heavy (non-hydrogen) atoms. The van der Waals surface area contributed by atoms with Gasteiger partial charge in [-0.1, -0.05) is 19.1 Å². The molecular formula is C17H26N2O4. The number of para-hydroxylation sites is 1. The number of nitrogens with zero attached hydrogens (tertiary/aromatic N) is 1. The summed E-state index contributed by atoms with van der Waals surface area (Å²) < 4.78 is 16.3. The third-order valence-corrected chi connectivity index (χ3v) is 3.70. The van der Waals surface area contributed by atoms with E-state index in [1.165, 1.54) is 0 Å². The molecule has 128 valence electrons. The molecule has 1 aromatic carbocycles. The largest absolute Gasteiger partial charge is 0.486 e. The molecule has 0 aliphatic carbocycles. The Balaban J connectivity index is 1.88. The molecule has 0 saturated heterocycles. The van der Waals surface area contributed by atoms with Crippen LogP contribution >= 0.6 is 0 Å². The fourth-order valence-electron chi connectivity index (χ4n) is 2.48. The Morgan fingerprint density at radius 1 is 1.35 bits per heavy atom. The van der Waals surface area contributed by atoms with Crippen LogP contribution in [0.1, 0.15) is 18.9 Å². The highest BCUT2D eigenvalue weighted by Crippen LogP contribution is 2.34. The number of nitrogens with one attached hydrogen (secondary N) is 1. The molecule has 0 saturated carbocycles. The predicted octanol–water partition coefficient (Wildman–Crippen LogP) is 1.43. The first-order valence-electron chi connectivity index (χ1n) is 8.10. The maximum Gasteiger partial charge on any atom is 0.234 e. The van der Waals surface area contributed by atoms with Crippen molar-refractivity contribution < 1.29 is 19.0 Å². The van der Waals surface area contributed by atoms with E-state index >= 15 is 0 Å². The molecule has 6 heteroatoms. The first-order valence-corrected chi connectivity index (χ1v) is 8.10. The molecule has 1 N–H and O–H groups in total. The van der Waals surface area contributed by atoms with Crippen molar-refractivity contribution in [2.75, 3.05) is 46.6 Å². The Morgan fingerprint density at radius 2 is 2.17 bits per heavy atom. The zero-order chi connectivity index (χ0) is 16.5. The maximum atomic E-state index is 12.0. The Labute approximate surface area is 137 Å². The molecule has 1 amide bonds. The fourth-order valence-corrected chi connectivity index (χ4v) is 2.48. The lowest BCUT2D eigenvalue weighted by Gasteiger charge is -2.25. The summed E-state index contributed by atoms with van der Waals surface area (Å²) in [6, 6.07) is 5.89. The Bertz CT molecular complexity index is 507. The van der Waals surface area contributed by atoms with Crippen molar-refractivity contribution in [3.63, 3.8) is 0 Å². The molecule has 0 aromatic heterocycles. The van der Waals surface area contributed by atoms with Gasteiger partial charge in [0.1, 0.15) is 13.2 Å². The minimum absolute atomic E-state index is 0.0323. The normalized spacial score (nSPS) is 13.2. The number of fused-ring (bicyclic) bond motifs is 1. The minimum atomic E-state index is 0.0323. The maximum absolute atomic E-state index is 12.0. The van der Waals surface area contributed by atoms with Gasteiger partial charge in [-0.2, -0.15) is 0 Å². The molecular weight excluding hydrogens is 296 g/mol. The van der Waals surface area contributed by atoms with E-state index in [4.69, 9.17) is 14.2 Å². The molecule has 0 atom stereocenters. The van der Waals surface area contributed by atoms with Crippen LogP contribution in [0.25, 0.3) is 0 Å². The van der Waals surface area contributed by atoms with Crippen LogP contribution in [-0.2, 0) is 16.1 Å². The van der Waals surface area contributed by atoms with Gasteiger partial charge in [0, 0.05) is 32.4 Å². The summed E-state index contributed by atoms with van der Waals surface area (Å²) in [6.07, 6.45) is 0.825. The van der Waals surface area contributed by atoms with Gasteiger partial charge < -0.3 is 19.5 Å². The molecule has 2 rings (SSSR count). The molecule has 0 fully saturated rings. The lowest BCUT2D eigenvalue weighted by Crippen LogP contribution is -2.37. The highest BCUT2D eigenvalue weighted by Gasteiger charge is 2.18. The van der Waals surface area contributed by atoms with Crippen LogP contribution < -0.4 is 14.8 Å². The summed E-state index contributed by atoms with van der Waals surface area (Å²) in [5.41, 5.74) is 1.05. The second kappa shape index (κ2) is 9.37. The third-order valence-electron chi connectivity index (χ3n) is 3.70. The van der Waals surface area contributed by atoms with E-state index in [-0.39, 0.29) is 5.91 Å². The van der Waals surface area contributed by atoms with E-state index in [2.05, 4.69) is 10.2 Å². The van der Waals surface area contributed by atoms with Gasteiger partial charge in [-0.3, -0.25) is 9.69 Å². The summed E-state index contributed by atoms with van der Waals surface area (Å²) in [6.45, 7) is 6.31. The van der Waals surface area contributed by atoms with Crippen LogP contribution in [0.5, 0.6) is 11.5 Å². The van der Waals surface area contributed by atoms with Crippen LogP contribution in [0.2, 0.25) is 0 Å². The van der Waals surface area contributed by atoms with E-state index in [1.807, 2.05) is 25.1 Å². The van der Waals surface area contributed by atoms with E-state index in [9.17, 15) is 4.79 Å². The van der Waals surface area contributed by atoms with Crippen LogP contribution in [0.4, 0.5) is 0 Å². The van der Waals surface area contributed by atoms with Gasteiger partial charge in [0.25, 0.3) is 0 Å². The quantitative estimate of drug-likeness (QED) is 0.697. The molecule has 0 radical (unpaired) electrons. The number of amides is 1. The van der Waals surface area contributed by atoms with Gasteiger partial charge >= 0.3 is 0 Å². The zero-order valence-corrected chi connectivity index (χ0v) is 14.0. The van der Waals surface area contributed by atoms with Gasteiger partial charge in [-0.25, -0.2) is 0 Å². The SMILES string of the molecule is CCN(CC(=O)NCCCOC)Cc1cccc2c1OCCO2. The van der Waals surface area contributed by atoms with Gasteiger partial charge in [-0.05, 0) is 19.0 Å². The van der Waals surface area contributed by atoms with Gasteiger partial charge in [0.2, 0.25) is 5.91 Å². The predicted molar refractivity (Wildman–Crippen MR) is 87.9 cm³/mol. The third kappa shape index (κ3) is 5.41. The van der Waals surface area contributed by atoms with Crippen molar-refractivity contribution in [2.24, 2.45) is 0 Å². The molecule has 6 nitrogen and oxygen atoms in total. The summed E-state index contributed by atoms with van der Waals surface area (Å²) in [7, 11) is 1.66.